The number of nitrogens with zero attached hydrogens (tertiary/aromatic N) is 1. The van der Waals surface area contributed by atoms with Gasteiger partial charge in [-0.25, -0.2) is 8.42 Å². The summed E-state index contributed by atoms with van der Waals surface area (Å²) in [5.74, 6) is 0.526. The summed E-state index contributed by atoms with van der Waals surface area (Å²) in [5, 5.41) is 3.00. The third-order valence-electron chi connectivity index (χ3n) is 5.21. The lowest BCUT2D eigenvalue weighted by Crippen LogP contribution is -2.34. The Bertz CT molecular complexity index is 940. The molecular formula is C22H29N3O3S. The molecule has 1 aliphatic rings. The maximum Gasteiger partial charge on any atom is 0.251 e. The Balaban J connectivity index is 1.60. The number of sulfonamides is 1. The molecule has 1 heterocycles. The SMILES string of the molecule is C[C@H]1CCCN(c2ccc([C@H](C)NC(=O)c3ccc(NS(C)(=O)=O)cc3)cc2)C1. The van der Waals surface area contributed by atoms with Crippen molar-refractivity contribution in [2.24, 2.45) is 5.92 Å². The van der Waals surface area contributed by atoms with Gasteiger partial charge in [-0.15, -0.1) is 0 Å². The van der Waals surface area contributed by atoms with Crippen LogP contribution in [0.25, 0.3) is 0 Å². The van der Waals surface area contributed by atoms with Crippen molar-refractivity contribution in [3.8, 4) is 0 Å². The molecule has 1 amide bonds. The van der Waals surface area contributed by atoms with Crippen molar-refractivity contribution in [3.63, 3.8) is 0 Å². The van der Waals surface area contributed by atoms with Crippen LogP contribution in [0.3, 0.4) is 0 Å². The van der Waals surface area contributed by atoms with E-state index in [2.05, 4.69) is 46.1 Å². The van der Waals surface area contributed by atoms with E-state index in [4.69, 9.17) is 0 Å². The zero-order valence-electron chi connectivity index (χ0n) is 17.2. The molecule has 29 heavy (non-hydrogen) atoms. The first kappa shape index (κ1) is 21.2. The second-order valence-electron chi connectivity index (χ2n) is 7.93. The monoisotopic (exact) mass is 415 g/mol. The lowest BCUT2D eigenvalue weighted by molar-refractivity contribution is 0.0940. The molecule has 0 aliphatic carbocycles. The molecule has 0 aromatic heterocycles. The van der Waals surface area contributed by atoms with Gasteiger partial charge in [0.05, 0.1) is 12.3 Å². The minimum absolute atomic E-state index is 0.134. The summed E-state index contributed by atoms with van der Waals surface area (Å²) in [6.45, 7) is 6.44. The van der Waals surface area contributed by atoms with Gasteiger partial charge in [0.2, 0.25) is 10.0 Å². The standard InChI is InChI=1S/C22H29N3O3S/c1-16-5-4-14-25(15-16)21-12-8-18(9-13-21)17(2)23-22(26)19-6-10-20(11-7-19)24-29(3,27)28/h6-13,16-17,24H,4-5,14-15H2,1-3H3,(H,23,26)/t16-,17-/m0/s1. The lowest BCUT2D eigenvalue weighted by atomic mass is 9.99. The molecule has 1 fully saturated rings. The highest BCUT2D eigenvalue weighted by molar-refractivity contribution is 7.92. The van der Waals surface area contributed by atoms with Gasteiger partial charge in [-0.3, -0.25) is 9.52 Å². The van der Waals surface area contributed by atoms with Crippen LogP contribution < -0.4 is 14.9 Å². The summed E-state index contributed by atoms with van der Waals surface area (Å²) in [7, 11) is -3.33. The second kappa shape index (κ2) is 8.86. The molecule has 156 valence electrons. The molecule has 0 radical (unpaired) electrons. The zero-order chi connectivity index (χ0) is 21.0. The Kier molecular flexibility index (Phi) is 6.47. The van der Waals surface area contributed by atoms with Crippen molar-refractivity contribution < 1.29 is 13.2 Å². The largest absolute Gasteiger partial charge is 0.371 e. The first-order valence-corrected chi connectivity index (χ1v) is 11.8. The number of nitrogens with one attached hydrogen (secondary N) is 2. The van der Waals surface area contributed by atoms with Crippen LogP contribution in [0.2, 0.25) is 0 Å². The molecule has 2 aromatic carbocycles. The lowest BCUT2D eigenvalue weighted by Gasteiger charge is -2.33. The van der Waals surface area contributed by atoms with E-state index in [1.807, 2.05) is 6.92 Å². The van der Waals surface area contributed by atoms with Crippen molar-refractivity contribution in [2.75, 3.05) is 29.0 Å². The van der Waals surface area contributed by atoms with E-state index in [-0.39, 0.29) is 11.9 Å². The van der Waals surface area contributed by atoms with E-state index < -0.39 is 10.0 Å². The maximum absolute atomic E-state index is 12.5. The molecule has 0 spiro atoms. The first-order chi connectivity index (χ1) is 13.7. The van der Waals surface area contributed by atoms with Crippen molar-refractivity contribution in [1.82, 2.24) is 5.32 Å². The molecule has 0 bridgehead atoms. The van der Waals surface area contributed by atoms with Crippen molar-refractivity contribution in [2.45, 2.75) is 32.7 Å². The molecule has 2 atom stereocenters. The van der Waals surface area contributed by atoms with Gasteiger partial charge in [-0.1, -0.05) is 19.1 Å². The van der Waals surface area contributed by atoms with Crippen LogP contribution in [0.1, 0.15) is 48.7 Å². The Morgan fingerprint density at radius 2 is 1.76 bits per heavy atom. The molecule has 0 unspecified atom stereocenters. The molecule has 0 saturated carbocycles. The van der Waals surface area contributed by atoms with Gasteiger partial charge >= 0.3 is 0 Å². The van der Waals surface area contributed by atoms with Gasteiger partial charge in [0.1, 0.15) is 0 Å². The fourth-order valence-corrected chi connectivity index (χ4v) is 4.23. The zero-order valence-corrected chi connectivity index (χ0v) is 18.0. The number of carbonyl (C=O) groups is 1. The van der Waals surface area contributed by atoms with Crippen molar-refractivity contribution in [3.05, 3.63) is 59.7 Å². The number of rotatable bonds is 6. The molecule has 3 rings (SSSR count). The van der Waals surface area contributed by atoms with Crippen molar-refractivity contribution >= 4 is 27.3 Å². The van der Waals surface area contributed by atoms with Crippen LogP contribution in [-0.4, -0.2) is 33.7 Å². The van der Waals surface area contributed by atoms with Crippen LogP contribution in [0.4, 0.5) is 11.4 Å². The minimum atomic E-state index is -3.33. The third-order valence-corrected chi connectivity index (χ3v) is 5.82. The average Bonchev–Trinajstić information content (AvgIpc) is 2.67. The Labute approximate surface area is 173 Å². The van der Waals surface area contributed by atoms with Gasteiger partial charge in [-0.05, 0) is 67.6 Å². The number of piperidine rings is 1. The second-order valence-corrected chi connectivity index (χ2v) is 9.68. The summed E-state index contributed by atoms with van der Waals surface area (Å²) >= 11 is 0. The van der Waals surface area contributed by atoms with E-state index in [1.54, 1.807) is 24.3 Å². The maximum atomic E-state index is 12.5. The summed E-state index contributed by atoms with van der Waals surface area (Å²) in [4.78, 5) is 14.9. The fraction of sp³-hybridized carbons (Fsp3) is 0.409. The highest BCUT2D eigenvalue weighted by Gasteiger charge is 2.17. The third kappa shape index (κ3) is 5.97. The molecule has 2 aromatic rings. The first-order valence-electron chi connectivity index (χ1n) is 9.95. The molecule has 2 N–H and O–H groups in total. The highest BCUT2D eigenvalue weighted by Crippen LogP contribution is 2.24. The molecule has 6 nitrogen and oxygen atoms in total. The normalized spacial score (nSPS) is 18.2. The molecule has 7 heteroatoms. The van der Waals surface area contributed by atoms with E-state index in [1.165, 1.54) is 18.5 Å². The van der Waals surface area contributed by atoms with Gasteiger partial charge < -0.3 is 10.2 Å². The van der Waals surface area contributed by atoms with Gasteiger partial charge in [0.25, 0.3) is 5.91 Å². The molecule has 1 aliphatic heterocycles. The molecular weight excluding hydrogens is 386 g/mol. The number of anilines is 2. The quantitative estimate of drug-likeness (QED) is 0.752. The Morgan fingerprint density at radius 3 is 2.34 bits per heavy atom. The van der Waals surface area contributed by atoms with E-state index in [9.17, 15) is 13.2 Å². The van der Waals surface area contributed by atoms with Crippen LogP contribution >= 0.6 is 0 Å². The smallest absolute Gasteiger partial charge is 0.251 e. The van der Waals surface area contributed by atoms with E-state index >= 15 is 0 Å². The summed E-state index contributed by atoms with van der Waals surface area (Å²) in [6, 6.07) is 14.6. The number of amides is 1. The van der Waals surface area contributed by atoms with Crippen molar-refractivity contribution in [1.29, 1.82) is 0 Å². The predicted molar refractivity (Wildman–Crippen MR) is 118 cm³/mol. The summed E-state index contributed by atoms with van der Waals surface area (Å²) < 4.78 is 24.9. The van der Waals surface area contributed by atoms with Gasteiger partial charge in [-0.2, -0.15) is 0 Å². The predicted octanol–water partition coefficient (Wildman–Crippen LogP) is 3.79. The van der Waals surface area contributed by atoms with Crippen LogP contribution in [0.15, 0.2) is 48.5 Å². The summed E-state index contributed by atoms with van der Waals surface area (Å²) in [6.07, 6.45) is 3.61. The van der Waals surface area contributed by atoms with Crippen LogP contribution in [0.5, 0.6) is 0 Å². The molecule has 1 saturated heterocycles. The number of carbonyl (C=O) groups excluding carboxylic acids is 1. The topological polar surface area (TPSA) is 78.5 Å². The minimum Gasteiger partial charge on any atom is -0.371 e. The average molecular weight is 416 g/mol. The van der Waals surface area contributed by atoms with E-state index in [0.29, 0.717) is 11.3 Å². The van der Waals surface area contributed by atoms with Crippen LogP contribution in [-0.2, 0) is 10.0 Å². The Morgan fingerprint density at radius 1 is 1.10 bits per heavy atom. The highest BCUT2D eigenvalue weighted by atomic mass is 32.2. The summed E-state index contributed by atoms with van der Waals surface area (Å²) in [5.41, 5.74) is 3.19. The van der Waals surface area contributed by atoms with E-state index in [0.717, 1.165) is 30.8 Å². The fourth-order valence-electron chi connectivity index (χ4n) is 3.66. The number of hydrogen-bond donors (Lipinski definition) is 2. The van der Waals surface area contributed by atoms with Gasteiger partial charge in [0, 0.05) is 30.0 Å². The number of hydrogen-bond acceptors (Lipinski definition) is 4. The Hall–Kier alpha value is -2.54. The van der Waals surface area contributed by atoms with Crippen LogP contribution in [0, 0.1) is 5.92 Å². The number of benzene rings is 2. The van der Waals surface area contributed by atoms with Gasteiger partial charge in [0.15, 0.2) is 0 Å².